The first kappa shape index (κ1) is 21.3. The monoisotopic (exact) mass is 427 g/mol. The van der Waals surface area contributed by atoms with Gasteiger partial charge in [0.2, 0.25) is 0 Å². The normalized spacial score (nSPS) is 11.9. The first-order valence-corrected chi connectivity index (χ1v) is 10.4. The highest BCUT2D eigenvalue weighted by Gasteiger charge is 2.26. The van der Waals surface area contributed by atoms with E-state index in [1.54, 1.807) is 41.8 Å². The zero-order chi connectivity index (χ0) is 22.8. The van der Waals surface area contributed by atoms with Gasteiger partial charge < -0.3 is 9.64 Å². The topological polar surface area (TPSA) is 64.4 Å². The summed E-state index contributed by atoms with van der Waals surface area (Å²) in [5.41, 5.74) is 2.53. The molecule has 0 radical (unpaired) electrons. The number of aromatic nitrogens is 2. The van der Waals surface area contributed by atoms with Crippen molar-refractivity contribution < 1.29 is 9.53 Å². The van der Waals surface area contributed by atoms with Crippen LogP contribution < -0.4 is 10.3 Å². The van der Waals surface area contributed by atoms with E-state index in [9.17, 15) is 9.59 Å². The molecule has 0 saturated carbocycles. The summed E-state index contributed by atoms with van der Waals surface area (Å²) in [5, 5.41) is 0.504. The van der Waals surface area contributed by atoms with E-state index < -0.39 is 6.04 Å². The Bertz CT molecular complexity index is 1350. The Morgan fingerprint density at radius 2 is 1.72 bits per heavy atom. The van der Waals surface area contributed by atoms with Gasteiger partial charge in [0, 0.05) is 12.6 Å². The summed E-state index contributed by atoms with van der Waals surface area (Å²) < 4.78 is 7.13. The number of benzene rings is 3. The lowest BCUT2D eigenvalue weighted by Gasteiger charge is -2.27. The van der Waals surface area contributed by atoms with Crippen molar-refractivity contribution in [3.05, 3.63) is 100 Å². The van der Waals surface area contributed by atoms with Crippen LogP contribution in [0.1, 0.15) is 34.7 Å². The highest BCUT2D eigenvalue weighted by atomic mass is 16.5. The minimum absolute atomic E-state index is 0.150. The van der Waals surface area contributed by atoms with E-state index >= 15 is 0 Å². The second kappa shape index (κ2) is 8.67. The molecule has 0 aliphatic carbocycles. The maximum atomic E-state index is 13.7. The van der Waals surface area contributed by atoms with Crippen LogP contribution in [0.2, 0.25) is 0 Å². The maximum Gasteiger partial charge on any atom is 0.266 e. The van der Waals surface area contributed by atoms with Crippen LogP contribution in [0.15, 0.2) is 77.6 Å². The Morgan fingerprint density at radius 1 is 1.03 bits per heavy atom. The summed E-state index contributed by atoms with van der Waals surface area (Å²) >= 11 is 0. The fraction of sp³-hybridized carbons (Fsp3) is 0.192. The number of hydrogen-bond donors (Lipinski definition) is 0. The molecule has 0 bridgehead atoms. The van der Waals surface area contributed by atoms with Gasteiger partial charge in [0.05, 0.1) is 29.7 Å². The van der Waals surface area contributed by atoms with E-state index in [4.69, 9.17) is 9.72 Å². The van der Waals surface area contributed by atoms with E-state index in [1.807, 2.05) is 68.4 Å². The maximum absolute atomic E-state index is 13.7. The molecule has 0 spiro atoms. The van der Waals surface area contributed by atoms with Crippen molar-refractivity contribution in [3.63, 3.8) is 0 Å². The number of hydrogen-bond acceptors (Lipinski definition) is 4. The molecule has 32 heavy (non-hydrogen) atoms. The zero-order valence-electron chi connectivity index (χ0n) is 18.6. The average Bonchev–Trinajstić information content (AvgIpc) is 2.83. The van der Waals surface area contributed by atoms with Gasteiger partial charge in [-0.25, -0.2) is 4.98 Å². The Balaban J connectivity index is 1.95. The molecule has 1 amide bonds. The molecule has 6 nitrogen and oxygen atoms in total. The van der Waals surface area contributed by atoms with Crippen LogP contribution in [0.5, 0.6) is 5.75 Å². The molecular weight excluding hydrogens is 402 g/mol. The highest BCUT2D eigenvalue weighted by Crippen LogP contribution is 2.28. The van der Waals surface area contributed by atoms with E-state index in [1.165, 1.54) is 0 Å². The lowest BCUT2D eigenvalue weighted by Crippen LogP contribution is -2.35. The first-order valence-electron chi connectivity index (χ1n) is 10.4. The third kappa shape index (κ3) is 3.75. The predicted octanol–water partition coefficient (Wildman–Crippen LogP) is 4.54. The molecule has 0 aliphatic rings. The SMILES string of the molecule is COc1ccc(C)cc1-n1c(C(C)N(C)C(=O)c2ccccc2)nc2ccccc2c1=O. The van der Waals surface area contributed by atoms with Crippen molar-refractivity contribution in [3.8, 4) is 11.4 Å². The molecule has 0 fully saturated rings. The average molecular weight is 428 g/mol. The number of rotatable bonds is 5. The number of carbonyl (C=O) groups excluding carboxylic acids is 1. The van der Waals surface area contributed by atoms with Crippen LogP contribution >= 0.6 is 0 Å². The van der Waals surface area contributed by atoms with Crippen molar-refractivity contribution in [1.82, 2.24) is 14.5 Å². The number of carbonyl (C=O) groups is 1. The van der Waals surface area contributed by atoms with Crippen LogP contribution in [-0.2, 0) is 0 Å². The molecule has 6 heteroatoms. The molecular formula is C26H25N3O3. The Morgan fingerprint density at radius 3 is 2.44 bits per heavy atom. The van der Waals surface area contributed by atoms with Crippen LogP contribution in [0, 0.1) is 6.92 Å². The molecule has 0 N–H and O–H groups in total. The highest BCUT2D eigenvalue weighted by molar-refractivity contribution is 5.94. The molecule has 3 aromatic carbocycles. The minimum atomic E-state index is -0.481. The number of fused-ring (bicyclic) bond motifs is 1. The van der Waals surface area contributed by atoms with Gasteiger partial charge >= 0.3 is 0 Å². The quantitative estimate of drug-likeness (QED) is 0.469. The number of amides is 1. The van der Waals surface area contributed by atoms with Gasteiger partial charge in [-0.05, 0) is 55.8 Å². The molecule has 0 aliphatic heterocycles. The predicted molar refractivity (Wildman–Crippen MR) is 126 cm³/mol. The molecule has 1 aromatic heterocycles. The number of methoxy groups -OCH3 is 1. The first-order chi connectivity index (χ1) is 15.4. The largest absolute Gasteiger partial charge is 0.495 e. The van der Waals surface area contributed by atoms with Gasteiger partial charge in [-0.3, -0.25) is 14.2 Å². The lowest BCUT2D eigenvalue weighted by molar-refractivity contribution is 0.0735. The smallest absolute Gasteiger partial charge is 0.266 e. The number of nitrogens with zero attached hydrogens (tertiary/aromatic N) is 3. The molecule has 1 heterocycles. The Labute approximate surface area is 186 Å². The summed E-state index contributed by atoms with van der Waals surface area (Å²) in [4.78, 5) is 33.2. The summed E-state index contributed by atoms with van der Waals surface area (Å²) in [6.45, 7) is 3.83. The Kier molecular flexibility index (Phi) is 5.77. The van der Waals surface area contributed by atoms with E-state index in [0.29, 0.717) is 33.7 Å². The van der Waals surface area contributed by atoms with Crippen molar-refractivity contribution in [2.75, 3.05) is 14.2 Å². The van der Waals surface area contributed by atoms with Gasteiger partial charge in [-0.2, -0.15) is 0 Å². The van der Waals surface area contributed by atoms with Gasteiger partial charge in [0.25, 0.3) is 11.5 Å². The molecule has 0 saturated heterocycles. The Hall–Kier alpha value is -3.93. The van der Waals surface area contributed by atoms with Crippen molar-refractivity contribution in [1.29, 1.82) is 0 Å². The van der Waals surface area contributed by atoms with Crippen LogP contribution in [-0.4, -0.2) is 34.5 Å². The van der Waals surface area contributed by atoms with E-state index in [-0.39, 0.29) is 11.5 Å². The lowest BCUT2D eigenvalue weighted by atomic mass is 10.1. The third-order valence-corrected chi connectivity index (χ3v) is 5.67. The minimum Gasteiger partial charge on any atom is -0.495 e. The van der Waals surface area contributed by atoms with E-state index in [0.717, 1.165) is 5.56 Å². The van der Waals surface area contributed by atoms with Crippen molar-refractivity contribution in [2.45, 2.75) is 19.9 Å². The fourth-order valence-corrected chi connectivity index (χ4v) is 3.77. The van der Waals surface area contributed by atoms with Gasteiger partial charge in [0.1, 0.15) is 11.6 Å². The summed E-state index contributed by atoms with van der Waals surface area (Å²) in [6, 6.07) is 21.5. The molecule has 162 valence electrons. The molecule has 1 unspecified atom stereocenters. The summed E-state index contributed by atoms with van der Waals surface area (Å²) in [5.74, 6) is 0.868. The van der Waals surface area contributed by atoms with Gasteiger partial charge in [0.15, 0.2) is 0 Å². The molecule has 1 atom stereocenters. The zero-order valence-corrected chi connectivity index (χ0v) is 18.6. The number of ether oxygens (including phenoxy) is 1. The molecule has 4 aromatic rings. The fourth-order valence-electron chi connectivity index (χ4n) is 3.77. The van der Waals surface area contributed by atoms with Gasteiger partial charge in [-0.1, -0.05) is 36.4 Å². The standard InChI is InChI=1S/C26H25N3O3/c1-17-14-15-23(32-4)22(16-17)29-24(27-21-13-9-8-12-20(21)26(29)31)18(2)28(3)25(30)19-10-6-5-7-11-19/h5-16,18H,1-4H3. The molecule has 4 rings (SSSR count). The third-order valence-electron chi connectivity index (χ3n) is 5.67. The van der Waals surface area contributed by atoms with E-state index in [2.05, 4.69) is 0 Å². The summed E-state index contributed by atoms with van der Waals surface area (Å²) in [6.07, 6.45) is 0. The van der Waals surface area contributed by atoms with Gasteiger partial charge in [-0.15, -0.1) is 0 Å². The second-order valence-corrected chi connectivity index (χ2v) is 7.76. The number of aryl methyl sites for hydroxylation is 1. The van der Waals surface area contributed by atoms with Crippen molar-refractivity contribution >= 4 is 16.8 Å². The summed E-state index contributed by atoms with van der Waals surface area (Å²) in [7, 11) is 3.29. The number of para-hydroxylation sites is 1. The van der Waals surface area contributed by atoms with Crippen molar-refractivity contribution in [2.24, 2.45) is 0 Å². The second-order valence-electron chi connectivity index (χ2n) is 7.76. The van der Waals surface area contributed by atoms with Crippen LogP contribution in [0.4, 0.5) is 0 Å². The van der Waals surface area contributed by atoms with Crippen LogP contribution in [0.3, 0.4) is 0 Å². The van der Waals surface area contributed by atoms with Crippen LogP contribution in [0.25, 0.3) is 16.6 Å².